The fraction of sp³-hybridized carbons (Fsp3) is 1.00. The molecule has 4 nitrogen and oxygen atoms in total. The summed E-state index contributed by atoms with van der Waals surface area (Å²) in [5, 5.41) is 3.63. The van der Waals surface area contributed by atoms with Gasteiger partial charge in [0.1, 0.15) is 0 Å². The first-order chi connectivity index (χ1) is 9.65. The van der Waals surface area contributed by atoms with E-state index in [1.54, 1.807) is 0 Å². The number of likely N-dealkylation sites (N-methyl/N-ethyl adjacent to an activating group) is 1. The lowest BCUT2D eigenvalue weighted by Gasteiger charge is -2.37. The first kappa shape index (κ1) is 16.2. The van der Waals surface area contributed by atoms with E-state index in [0.717, 1.165) is 32.3 Å². The number of nitrogens with one attached hydrogen (secondary N) is 1. The van der Waals surface area contributed by atoms with Crippen LogP contribution in [0.2, 0.25) is 0 Å². The molecule has 2 saturated heterocycles. The first-order valence-electron chi connectivity index (χ1n) is 8.42. The van der Waals surface area contributed by atoms with Gasteiger partial charge in [0.05, 0.1) is 12.7 Å². The van der Waals surface area contributed by atoms with Gasteiger partial charge in [-0.15, -0.1) is 0 Å². The number of piperidine rings is 1. The molecule has 2 fully saturated rings. The zero-order valence-corrected chi connectivity index (χ0v) is 13.6. The molecule has 2 unspecified atom stereocenters. The Morgan fingerprint density at radius 1 is 1.35 bits per heavy atom. The highest BCUT2D eigenvalue weighted by atomic mass is 16.5. The molecule has 4 heteroatoms. The largest absolute Gasteiger partial charge is 0.374 e. The van der Waals surface area contributed by atoms with Crippen molar-refractivity contribution >= 4 is 0 Å². The van der Waals surface area contributed by atoms with Crippen molar-refractivity contribution in [3.05, 3.63) is 0 Å². The SMILES string of the molecule is CC(C)N1CCOC(CN(C)CCC2CCCCN2)C1. The van der Waals surface area contributed by atoms with E-state index in [9.17, 15) is 0 Å². The molecular weight excluding hydrogens is 250 g/mol. The van der Waals surface area contributed by atoms with E-state index < -0.39 is 0 Å². The van der Waals surface area contributed by atoms with Gasteiger partial charge in [-0.2, -0.15) is 0 Å². The van der Waals surface area contributed by atoms with Gasteiger partial charge in [0.2, 0.25) is 0 Å². The van der Waals surface area contributed by atoms with Gasteiger partial charge in [-0.25, -0.2) is 0 Å². The minimum Gasteiger partial charge on any atom is -0.374 e. The van der Waals surface area contributed by atoms with Crippen molar-refractivity contribution in [2.75, 3.05) is 46.4 Å². The standard InChI is InChI=1S/C16H33N3O/c1-14(2)19-10-11-20-16(13-19)12-18(3)9-7-15-6-4-5-8-17-15/h14-17H,4-13H2,1-3H3. The number of hydrogen-bond donors (Lipinski definition) is 1. The van der Waals surface area contributed by atoms with Gasteiger partial charge in [-0.3, -0.25) is 4.90 Å². The van der Waals surface area contributed by atoms with Crippen molar-refractivity contribution in [3.63, 3.8) is 0 Å². The molecule has 0 aromatic rings. The molecule has 2 heterocycles. The molecule has 118 valence electrons. The summed E-state index contributed by atoms with van der Waals surface area (Å²) in [6.07, 6.45) is 5.77. The van der Waals surface area contributed by atoms with E-state index in [-0.39, 0.29) is 0 Å². The van der Waals surface area contributed by atoms with Gasteiger partial charge in [-0.05, 0) is 53.2 Å². The summed E-state index contributed by atoms with van der Waals surface area (Å²) in [5.41, 5.74) is 0. The van der Waals surface area contributed by atoms with Gasteiger partial charge in [0, 0.05) is 31.7 Å². The highest BCUT2D eigenvalue weighted by molar-refractivity contribution is 4.78. The molecule has 0 amide bonds. The summed E-state index contributed by atoms with van der Waals surface area (Å²) in [6, 6.07) is 1.38. The molecule has 0 radical (unpaired) electrons. The van der Waals surface area contributed by atoms with Gasteiger partial charge in [0.15, 0.2) is 0 Å². The first-order valence-corrected chi connectivity index (χ1v) is 8.42. The molecule has 0 aliphatic carbocycles. The Kier molecular flexibility index (Phi) is 6.75. The van der Waals surface area contributed by atoms with Crippen molar-refractivity contribution < 1.29 is 4.74 Å². The van der Waals surface area contributed by atoms with Crippen molar-refractivity contribution in [1.29, 1.82) is 0 Å². The Bertz CT molecular complexity index is 266. The molecule has 0 aromatic heterocycles. The third-order valence-electron chi connectivity index (χ3n) is 4.69. The maximum absolute atomic E-state index is 5.92. The Morgan fingerprint density at radius 3 is 2.90 bits per heavy atom. The molecule has 2 rings (SSSR count). The zero-order chi connectivity index (χ0) is 14.4. The van der Waals surface area contributed by atoms with Crippen LogP contribution in [0.5, 0.6) is 0 Å². The summed E-state index contributed by atoms with van der Waals surface area (Å²) in [6.45, 7) is 11.1. The van der Waals surface area contributed by atoms with Crippen LogP contribution in [0.1, 0.15) is 39.5 Å². The maximum Gasteiger partial charge on any atom is 0.0829 e. The van der Waals surface area contributed by atoms with Crippen LogP contribution in [0.4, 0.5) is 0 Å². The van der Waals surface area contributed by atoms with Gasteiger partial charge < -0.3 is 15.0 Å². The third-order valence-corrected chi connectivity index (χ3v) is 4.69. The number of ether oxygens (including phenoxy) is 1. The van der Waals surface area contributed by atoms with Crippen molar-refractivity contribution in [2.24, 2.45) is 0 Å². The van der Waals surface area contributed by atoms with Crippen LogP contribution in [0.15, 0.2) is 0 Å². The smallest absolute Gasteiger partial charge is 0.0829 e. The second-order valence-corrected chi connectivity index (χ2v) is 6.78. The molecule has 0 spiro atoms. The Balaban J connectivity index is 1.64. The second kappa shape index (κ2) is 8.32. The average molecular weight is 283 g/mol. The molecule has 2 aliphatic rings. The van der Waals surface area contributed by atoms with Crippen LogP contribution >= 0.6 is 0 Å². The van der Waals surface area contributed by atoms with Crippen LogP contribution in [-0.2, 0) is 4.74 Å². The third kappa shape index (κ3) is 5.32. The maximum atomic E-state index is 5.92. The molecule has 0 bridgehead atoms. The van der Waals surface area contributed by atoms with E-state index in [2.05, 4.69) is 36.0 Å². The number of morpholine rings is 1. The van der Waals surface area contributed by atoms with Gasteiger partial charge in [-0.1, -0.05) is 6.42 Å². The Hall–Kier alpha value is -0.160. The molecule has 20 heavy (non-hydrogen) atoms. The normalized spacial score (nSPS) is 29.2. The van der Waals surface area contributed by atoms with Crippen LogP contribution in [0, 0.1) is 0 Å². The van der Waals surface area contributed by atoms with Crippen LogP contribution in [0.3, 0.4) is 0 Å². The Labute approximate surface area is 124 Å². The lowest BCUT2D eigenvalue weighted by atomic mass is 10.0. The van der Waals surface area contributed by atoms with E-state index >= 15 is 0 Å². The zero-order valence-electron chi connectivity index (χ0n) is 13.6. The van der Waals surface area contributed by atoms with E-state index in [1.165, 1.54) is 38.8 Å². The van der Waals surface area contributed by atoms with Gasteiger partial charge in [0.25, 0.3) is 0 Å². The summed E-state index contributed by atoms with van der Waals surface area (Å²) in [7, 11) is 2.24. The van der Waals surface area contributed by atoms with E-state index in [0.29, 0.717) is 12.1 Å². The number of rotatable bonds is 6. The van der Waals surface area contributed by atoms with Crippen molar-refractivity contribution in [1.82, 2.24) is 15.1 Å². The molecule has 1 N–H and O–H groups in total. The van der Waals surface area contributed by atoms with E-state index in [4.69, 9.17) is 4.74 Å². The Morgan fingerprint density at radius 2 is 2.20 bits per heavy atom. The number of nitrogens with zero attached hydrogens (tertiary/aromatic N) is 2. The van der Waals surface area contributed by atoms with Crippen LogP contribution in [-0.4, -0.2) is 74.4 Å². The number of hydrogen-bond acceptors (Lipinski definition) is 4. The summed E-state index contributed by atoms with van der Waals surface area (Å²) in [5.74, 6) is 0. The minimum atomic E-state index is 0.385. The van der Waals surface area contributed by atoms with Crippen LogP contribution in [0.25, 0.3) is 0 Å². The molecule has 0 saturated carbocycles. The lowest BCUT2D eigenvalue weighted by molar-refractivity contribution is -0.0497. The second-order valence-electron chi connectivity index (χ2n) is 6.78. The minimum absolute atomic E-state index is 0.385. The summed E-state index contributed by atoms with van der Waals surface area (Å²) < 4.78 is 5.92. The average Bonchev–Trinajstić information content (AvgIpc) is 2.46. The molecule has 2 atom stereocenters. The highest BCUT2D eigenvalue weighted by Crippen LogP contribution is 2.12. The van der Waals surface area contributed by atoms with E-state index in [1.807, 2.05) is 0 Å². The quantitative estimate of drug-likeness (QED) is 0.801. The highest BCUT2D eigenvalue weighted by Gasteiger charge is 2.23. The van der Waals surface area contributed by atoms with Crippen molar-refractivity contribution in [2.45, 2.75) is 57.7 Å². The van der Waals surface area contributed by atoms with Crippen LogP contribution < -0.4 is 5.32 Å². The predicted octanol–water partition coefficient (Wildman–Crippen LogP) is 1.56. The van der Waals surface area contributed by atoms with Crippen molar-refractivity contribution in [3.8, 4) is 0 Å². The van der Waals surface area contributed by atoms with Gasteiger partial charge >= 0.3 is 0 Å². The lowest BCUT2D eigenvalue weighted by Crippen LogP contribution is -2.49. The summed E-state index contributed by atoms with van der Waals surface area (Å²) >= 11 is 0. The molecule has 0 aromatic carbocycles. The fourth-order valence-corrected chi connectivity index (χ4v) is 3.31. The topological polar surface area (TPSA) is 27.7 Å². The fourth-order valence-electron chi connectivity index (χ4n) is 3.31. The summed E-state index contributed by atoms with van der Waals surface area (Å²) in [4.78, 5) is 4.98. The predicted molar refractivity (Wildman–Crippen MR) is 84.2 cm³/mol. The molecule has 2 aliphatic heterocycles. The molecular formula is C16H33N3O. The monoisotopic (exact) mass is 283 g/mol.